The molecule has 84 valence electrons. The molecule has 0 saturated carbocycles. The van der Waals surface area contributed by atoms with Crippen molar-refractivity contribution in [3.05, 3.63) is 29.6 Å². The first-order valence-electron chi connectivity index (χ1n) is 4.61. The van der Waals surface area contributed by atoms with Crippen LogP contribution in [0.25, 0.3) is 11.4 Å². The Morgan fingerprint density at radius 2 is 1.94 bits per heavy atom. The van der Waals surface area contributed by atoms with Crippen molar-refractivity contribution >= 4 is 5.69 Å². The zero-order valence-electron chi connectivity index (χ0n) is 8.83. The molecule has 0 amide bonds. The molecule has 4 nitrogen and oxygen atoms in total. The Bertz CT molecular complexity index is 548. The number of nitrogens with two attached hydrogens (primary N) is 1. The molecule has 0 aliphatic carbocycles. The minimum absolute atomic E-state index is 0.114. The van der Waals surface area contributed by atoms with Crippen molar-refractivity contribution in [1.82, 2.24) is 14.8 Å². The molecule has 2 N–H and O–H groups in total. The van der Waals surface area contributed by atoms with Crippen molar-refractivity contribution in [2.24, 2.45) is 7.05 Å². The molecule has 1 aromatic heterocycles. The van der Waals surface area contributed by atoms with Gasteiger partial charge in [0.25, 0.3) is 0 Å². The molecule has 0 aliphatic heterocycles. The van der Waals surface area contributed by atoms with Gasteiger partial charge >= 0.3 is 0 Å². The van der Waals surface area contributed by atoms with Crippen LogP contribution >= 0.6 is 0 Å². The van der Waals surface area contributed by atoms with Crippen molar-refractivity contribution < 1.29 is 8.78 Å². The van der Waals surface area contributed by atoms with E-state index in [0.717, 1.165) is 6.07 Å². The predicted octanol–water partition coefficient (Wildman–Crippen LogP) is 1.65. The molecular formula is C10H10F2N4. The van der Waals surface area contributed by atoms with Crippen molar-refractivity contribution in [2.75, 3.05) is 5.73 Å². The second kappa shape index (κ2) is 3.55. The second-order valence-electron chi connectivity index (χ2n) is 3.46. The standard InChI is InChI=1S/C10H10F2N4/c1-5-14-10(16(2)15-5)6-3-9(13)8(12)4-7(6)11/h3-4H,13H2,1-2H3. The van der Waals surface area contributed by atoms with Crippen molar-refractivity contribution in [3.63, 3.8) is 0 Å². The Kier molecular flexibility index (Phi) is 2.34. The average Bonchev–Trinajstić information content (AvgIpc) is 2.51. The topological polar surface area (TPSA) is 56.7 Å². The number of aryl methyl sites for hydroxylation is 2. The number of nitrogen functional groups attached to an aromatic ring is 1. The molecular weight excluding hydrogens is 214 g/mol. The number of anilines is 1. The third kappa shape index (κ3) is 1.62. The summed E-state index contributed by atoms with van der Waals surface area (Å²) in [4.78, 5) is 4.05. The van der Waals surface area contributed by atoms with Gasteiger partial charge < -0.3 is 5.73 Å². The van der Waals surface area contributed by atoms with E-state index in [9.17, 15) is 8.78 Å². The molecule has 1 aromatic carbocycles. The van der Waals surface area contributed by atoms with Gasteiger partial charge in [0.15, 0.2) is 5.82 Å². The molecule has 2 aromatic rings. The van der Waals surface area contributed by atoms with Gasteiger partial charge in [0, 0.05) is 13.1 Å². The summed E-state index contributed by atoms with van der Waals surface area (Å²) >= 11 is 0. The molecule has 0 atom stereocenters. The van der Waals surface area contributed by atoms with Gasteiger partial charge in [0.05, 0.1) is 11.3 Å². The van der Waals surface area contributed by atoms with Crippen molar-refractivity contribution in [1.29, 1.82) is 0 Å². The van der Waals surface area contributed by atoms with Crippen LogP contribution in [0.3, 0.4) is 0 Å². The van der Waals surface area contributed by atoms with Crippen LogP contribution in [-0.2, 0) is 7.05 Å². The molecule has 1 heterocycles. The third-order valence-corrected chi connectivity index (χ3v) is 2.20. The zero-order chi connectivity index (χ0) is 11.9. The van der Waals surface area contributed by atoms with Gasteiger partial charge in [0.2, 0.25) is 0 Å². The predicted molar refractivity (Wildman–Crippen MR) is 55.5 cm³/mol. The SMILES string of the molecule is Cc1nc(-c2cc(N)c(F)cc2F)n(C)n1. The molecule has 0 aliphatic rings. The summed E-state index contributed by atoms with van der Waals surface area (Å²) in [7, 11) is 1.63. The molecule has 16 heavy (non-hydrogen) atoms. The Morgan fingerprint density at radius 3 is 2.50 bits per heavy atom. The van der Waals surface area contributed by atoms with E-state index in [1.54, 1.807) is 14.0 Å². The number of aromatic nitrogens is 3. The molecule has 0 spiro atoms. The lowest BCUT2D eigenvalue weighted by atomic mass is 10.1. The van der Waals surface area contributed by atoms with Crippen LogP contribution in [-0.4, -0.2) is 14.8 Å². The summed E-state index contributed by atoms with van der Waals surface area (Å²) in [5.74, 6) is -0.649. The fraction of sp³-hybridized carbons (Fsp3) is 0.200. The largest absolute Gasteiger partial charge is 0.396 e. The molecule has 2 rings (SSSR count). The first-order valence-corrected chi connectivity index (χ1v) is 4.61. The van der Waals surface area contributed by atoms with Gasteiger partial charge in [-0.2, -0.15) is 5.10 Å². The number of hydrogen-bond acceptors (Lipinski definition) is 3. The molecule has 6 heteroatoms. The number of hydrogen-bond donors (Lipinski definition) is 1. The van der Waals surface area contributed by atoms with E-state index in [2.05, 4.69) is 10.1 Å². The Morgan fingerprint density at radius 1 is 1.25 bits per heavy atom. The third-order valence-electron chi connectivity index (χ3n) is 2.20. The van der Waals surface area contributed by atoms with Crippen LogP contribution in [0.5, 0.6) is 0 Å². The number of benzene rings is 1. The molecule has 0 fully saturated rings. The van der Waals surface area contributed by atoms with E-state index >= 15 is 0 Å². The summed E-state index contributed by atoms with van der Waals surface area (Å²) in [6, 6.07) is 1.96. The monoisotopic (exact) mass is 224 g/mol. The first kappa shape index (κ1) is 10.5. The molecule has 0 bridgehead atoms. The lowest BCUT2D eigenvalue weighted by Gasteiger charge is -2.04. The van der Waals surface area contributed by atoms with E-state index in [1.807, 2.05) is 0 Å². The minimum atomic E-state index is -0.778. The van der Waals surface area contributed by atoms with E-state index in [0.29, 0.717) is 11.6 Å². The first-order chi connectivity index (χ1) is 7.49. The summed E-state index contributed by atoms with van der Waals surface area (Å²) in [5, 5.41) is 3.98. The minimum Gasteiger partial charge on any atom is -0.396 e. The van der Waals surface area contributed by atoms with E-state index in [1.165, 1.54) is 10.7 Å². The zero-order valence-corrected chi connectivity index (χ0v) is 8.83. The maximum absolute atomic E-state index is 13.5. The van der Waals surface area contributed by atoms with Crippen LogP contribution in [0, 0.1) is 18.6 Å². The van der Waals surface area contributed by atoms with E-state index in [4.69, 9.17) is 5.73 Å². The number of rotatable bonds is 1. The van der Waals surface area contributed by atoms with Gasteiger partial charge in [-0.1, -0.05) is 0 Å². The Hall–Kier alpha value is -1.98. The van der Waals surface area contributed by atoms with Gasteiger partial charge in [-0.3, -0.25) is 0 Å². The highest BCUT2D eigenvalue weighted by Gasteiger charge is 2.14. The van der Waals surface area contributed by atoms with Gasteiger partial charge in [-0.15, -0.1) is 0 Å². The fourth-order valence-corrected chi connectivity index (χ4v) is 1.48. The maximum Gasteiger partial charge on any atom is 0.161 e. The lowest BCUT2D eigenvalue weighted by molar-refractivity contribution is 0.586. The average molecular weight is 224 g/mol. The Labute approximate surface area is 90.7 Å². The fourth-order valence-electron chi connectivity index (χ4n) is 1.48. The smallest absolute Gasteiger partial charge is 0.161 e. The summed E-state index contributed by atoms with van der Waals surface area (Å²) < 4.78 is 27.9. The van der Waals surface area contributed by atoms with Crippen LogP contribution in [0.1, 0.15) is 5.82 Å². The van der Waals surface area contributed by atoms with Gasteiger partial charge in [-0.25, -0.2) is 18.4 Å². The molecule has 0 saturated heterocycles. The second-order valence-corrected chi connectivity index (χ2v) is 3.46. The molecule has 0 unspecified atom stereocenters. The van der Waals surface area contributed by atoms with Crippen molar-refractivity contribution in [2.45, 2.75) is 6.92 Å². The van der Waals surface area contributed by atoms with Crippen LogP contribution < -0.4 is 5.73 Å². The highest BCUT2D eigenvalue weighted by Crippen LogP contribution is 2.25. The summed E-state index contributed by atoms with van der Waals surface area (Å²) in [6.07, 6.45) is 0. The quantitative estimate of drug-likeness (QED) is 0.749. The lowest BCUT2D eigenvalue weighted by Crippen LogP contribution is -1.99. The maximum atomic E-state index is 13.5. The van der Waals surface area contributed by atoms with E-state index in [-0.39, 0.29) is 11.3 Å². The van der Waals surface area contributed by atoms with Gasteiger partial charge in [0.1, 0.15) is 17.5 Å². The summed E-state index contributed by atoms with van der Waals surface area (Å²) in [5.41, 5.74) is 5.41. The van der Waals surface area contributed by atoms with Crippen LogP contribution in [0.2, 0.25) is 0 Å². The van der Waals surface area contributed by atoms with Crippen LogP contribution in [0.4, 0.5) is 14.5 Å². The van der Waals surface area contributed by atoms with Gasteiger partial charge in [-0.05, 0) is 13.0 Å². The number of halogens is 2. The van der Waals surface area contributed by atoms with E-state index < -0.39 is 11.6 Å². The van der Waals surface area contributed by atoms with Crippen molar-refractivity contribution in [3.8, 4) is 11.4 Å². The van der Waals surface area contributed by atoms with Crippen LogP contribution in [0.15, 0.2) is 12.1 Å². The number of nitrogens with zero attached hydrogens (tertiary/aromatic N) is 3. The summed E-state index contributed by atoms with van der Waals surface area (Å²) in [6.45, 7) is 1.69. The normalized spacial score (nSPS) is 10.8. The molecule has 0 radical (unpaired) electrons. The highest BCUT2D eigenvalue weighted by atomic mass is 19.1. The Balaban J connectivity index is 2.64. The highest BCUT2D eigenvalue weighted by molar-refractivity contribution is 5.62.